The number of carbonyl (C=O) groups is 6. The Morgan fingerprint density at radius 1 is 0.500 bits per heavy atom. The first-order valence-corrected chi connectivity index (χ1v) is 31.4. The van der Waals surface area contributed by atoms with Crippen LogP contribution >= 0.6 is 46.2 Å². The highest BCUT2D eigenvalue weighted by Gasteiger charge is 2.63. The Balaban J connectivity index is 1.02. The second kappa shape index (κ2) is 25.8. The first-order valence-electron chi connectivity index (χ1n) is 28.1. The predicted molar refractivity (Wildman–Crippen MR) is 334 cm³/mol. The lowest BCUT2D eigenvalue weighted by Crippen LogP contribution is -2.51. The number of amides is 2. The summed E-state index contributed by atoms with van der Waals surface area (Å²) in [5.41, 5.74) is -4.02. The van der Waals surface area contributed by atoms with Crippen LogP contribution in [0.3, 0.4) is 0 Å². The summed E-state index contributed by atoms with van der Waals surface area (Å²) in [6.45, 7) is 2.20. The maximum absolute atomic E-state index is 15.3. The average molecular weight is 1300 g/mol. The molecular weight excluding hydrogens is 1250 g/mol. The number of hydrogen-bond donors (Lipinski definition) is 0. The summed E-state index contributed by atoms with van der Waals surface area (Å²) in [6, 6.07) is 42.1. The van der Waals surface area contributed by atoms with Crippen LogP contribution in [0.1, 0.15) is 57.2 Å². The van der Waals surface area contributed by atoms with Gasteiger partial charge in [0, 0.05) is 36.1 Å². The van der Waals surface area contributed by atoms with Crippen molar-refractivity contribution in [3.8, 4) is 24.3 Å². The van der Waals surface area contributed by atoms with Gasteiger partial charge in [-0.05, 0) is 71.8 Å². The number of thiazole rings is 2. The third kappa shape index (κ3) is 11.2. The van der Waals surface area contributed by atoms with Crippen molar-refractivity contribution in [1.82, 2.24) is 19.8 Å². The summed E-state index contributed by atoms with van der Waals surface area (Å²) in [5, 5.41) is 38.8. The van der Waals surface area contributed by atoms with Crippen molar-refractivity contribution in [3.05, 3.63) is 222 Å². The number of carbonyl (C=O) groups excluding carboxylic acids is 6. The van der Waals surface area contributed by atoms with Crippen molar-refractivity contribution >= 4 is 113 Å². The van der Waals surface area contributed by atoms with E-state index < -0.39 is 58.7 Å². The number of nitriles is 4. The van der Waals surface area contributed by atoms with Gasteiger partial charge in [-0.3, -0.25) is 19.4 Å². The summed E-state index contributed by atoms with van der Waals surface area (Å²) in [4.78, 5) is 111. The van der Waals surface area contributed by atoms with Crippen molar-refractivity contribution in [2.75, 3.05) is 13.1 Å². The van der Waals surface area contributed by atoms with E-state index in [9.17, 15) is 30.6 Å². The number of fused-ring (bicyclic) bond motifs is 7. The Morgan fingerprint density at radius 2 is 0.804 bits per heavy atom. The zero-order valence-electron chi connectivity index (χ0n) is 48.3. The van der Waals surface area contributed by atoms with Gasteiger partial charge in [-0.1, -0.05) is 156 Å². The molecule has 26 heteroatoms. The normalized spacial score (nSPS) is 18.6. The molecular formula is C66H44N10O12S4. The van der Waals surface area contributed by atoms with E-state index in [-0.39, 0.29) is 125 Å². The van der Waals surface area contributed by atoms with Crippen LogP contribution in [-0.4, -0.2) is 78.6 Å². The SMILES string of the molecule is CCN1C(=O)/C(=N/c2nc3c(s2)C2=CC4C=C5OC(C(=O)OCc6ccccc6)(C(=O)OCc6ccccc6)c6nc(/N=C7/SC(=C(C#N)C#N)N(CC)C7=O)sc6C5=CC4C=C2OC3(C(=O)OCc2ccccc2)C(=O)OCc2ccccc2)SC1=C(C#N)C#N. The second-order valence-electron chi connectivity index (χ2n) is 20.5. The maximum atomic E-state index is 15.3. The van der Waals surface area contributed by atoms with Crippen molar-refractivity contribution in [2.45, 2.75) is 51.5 Å². The molecule has 454 valence electrons. The Morgan fingerprint density at radius 3 is 1.09 bits per heavy atom. The first kappa shape index (κ1) is 61.2. The topological polar surface area (TPSA) is 310 Å². The Labute approximate surface area is 540 Å². The van der Waals surface area contributed by atoms with Gasteiger partial charge in [0.25, 0.3) is 11.8 Å². The molecule has 0 spiro atoms. The van der Waals surface area contributed by atoms with Crippen LogP contribution in [0.2, 0.25) is 0 Å². The maximum Gasteiger partial charge on any atom is 0.369 e. The van der Waals surface area contributed by atoms with Crippen LogP contribution in [0.25, 0.3) is 11.1 Å². The minimum atomic E-state index is -2.80. The van der Waals surface area contributed by atoms with Crippen LogP contribution in [0, 0.1) is 57.2 Å². The number of allylic oxidation sites excluding steroid dienone is 8. The molecule has 22 nitrogen and oxygen atoms in total. The molecule has 4 aliphatic heterocycles. The summed E-state index contributed by atoms with van der Waals surface area (Å²) >= 11 is 3.34. The number of ether oxygens (including phenoxy) is 6. The Bertz CT molecular complexity index is 4110. The van der Waals surface area contributed by atoms with Gasteiger partial charge >= 0.3 is 35.1 Å². The highest BCUT2D eigenvalue weighted by atomic mass is 32.2. The van der Waals surface area contributed by atoms with Gasteiger partial charge in [0.15, 0.2) is 21.2 Å². The first-order chi connectivity index (χ1) is 44.7. The zero-order chi connectivity index (χ0) is 64.3. The number of thioether (sulfide) groups is 2. The molecule has 2 fully saturated rings. The number of aromatic nitrogens is 2. The van der Waals surface area contributed by atoms with E-state index in [0.717, 1.165) is 46.2 Å². The van der Waals surface area contributed by atoms with Gasteiger partial charge < -0.3 is 28.4 Å². The van der Waals surface area contributed by atoms with E-state index in [1.54, 1.807) is 159 Å². The third-order valence-electron chi connectivity index (χ3n) is 14.9. The lowest BCUT2D eigenvalue weighted by atomic mass is 9.76. The molecule has 6 aromatic rings. The van der Waals surface area contributed by atoms with E-state index in [1.165, 1.54) is 9.80 Å². The molecule has 6 heterocycles. The van der Waals surface area contributed by atoms with Crippen LogP contribution in [0.15, 0.2) is 188 Å². The van der Waals surface area contributed by atoms with Gasteiger partial charge in [-0.25, -0.2) is 39.1 Å². The molecule has 0 bridgehead atoms. The number of hydrogen-bond acceptors (Lipinski definition) is 24. The van der Waals surface area contributed by atoms with Crippen LogP contribution in [-0.2, 0) is 94.8 Å². The number of benzene rings is 4. The number of esters is 4. The van der Waals surface area contributed by atoms with Crippen molar-refractivity contribution in [1.29, 1.82) is 21.0 Å². The van der Waals surface area contributed by atoms with Gasteiger partial charge in [0.1, 0.15) is 83.7 Å². The second-order valence-corrected chi connectivity index (χ2v) is 24.4. The minimum absolute atomic E-state index is 0.0168. The smallest absolute Gasteiger partial charge is 0.369 e. The fourth-order valence-electron chi connectivity index (χ4n) is 10.5. The molecule has 4 aromatic carbocycles. The third-order valence-corrected chi connectivity index (χ3v) is 19.1. The fourth-order valence-corrected chi connectivity index (χ4v) is 14.7. The molecule has 0 N–H and O–H groups in total. The quantitative estimate of drug-likeness (QED) is 0.0376. The van der Waals surface area contributed by atoms with Crippen LogP contribution < -0.4 is 0 Å². The predicted octanol–water partition coefficient (Wildman–Crippen LogP) is 10.3. The van der Waals surface area contributed by atoms with E-state index in [1.807, 2.05) is 24.3 Å². The highest BCUT2D eigenvalue weighted by molar-refractivity contribution is 8.20. The molecule has 2 amide bonds. The molecule has 0 radical (unpaired) electrons. The summed E-state index contributed by atoms with van der Waals surface area (Å²) in [6.07, 6.45) is 6.82. The summed E-state index contributed by atoms with van der Waals surface area (Å²) in [7, 11) is 0. The monoisotopic (exact) mass is 1300 g/mol. The average Bonchev–Trinajstić information content (AvgIpc) is 1.28. The molecule has 0 saturated carbocycles. The van der Waals surface area contributed by atoms with E-state index >= 15 is 19.2 Å². The van der Waals surface area contributed by atoms with Crippen LogP contribution in [0.4, 0.5) is 10.3 Å². The number of rotatable bonds is 16. The van der Waals surface area contributed by atoms with E-state index in [0.29, 0.717) is 22.3 Å². The molecule has 12 rings (SSSR count). The Kier molecular flexibility index (Phi) is 17.2. The molecule has 6 aliphatic rings. The number of aliphatic imine (C=N–C) groups is 2. The molecule has 92 heavy (non-hydrogen) atoms. The molecule has 2 unspecified atom stereocenters. The van der Waals surface area contributed by atoms with E-state index in [2.05, 4.69) is 9.98 Å². The van der Waals surface area contributed by atoms with Crippen molar-refractivity contribution in [2.24, 2.45) is 21.8 Å². The van der Waals surface area contributed by atoms with Crippen molar-refractivity contribution < 1.29 is 57.2 Å². The van der Waals surface area contributed by atoms with Gasteiger partial charge in [0.05, 0.1) is 9.75 Å². The number of nitrogens with zero attached hydrogens (tertiary/aromatic N) is 10. The summed E-state index contributed by atoms with van der Waals surface area (Å²) < 4.78 is 37.6. The van der Waals surface area contributed by atoms with Crippen LogP contribution in [0.5, 0.6) is 0 Å². The van der Waals surface area contributed by atoms with E-state index in [4.69, 9.17) is 38.4 Å². The van der Waals surface area contributed by atoms with Crippen molar-refractivity contribution in [3.63, 3.8) is 0 Å². The lowest BCUT2D eigenvalue weighted by Gasteiger charge is -2.40. The largest absolute Gasteiger partial charge is 0.458 e. The van der Waals surface area contributed by atoms with Gasteiger partial charge in [-0.15, -0.1) is 0 Å². The molecule has 2 saturated heterocycles. The molecule has 2 aliphatic carbocycles. The fraction of sp³-hybridized carbons (Fsp3) is 0.182. The molecule has 2 atom stereocenters. The van der Waals surface area contributed by atoms with Gasteiger partial charge in [0.2, 0.25) is 10.3 Å². The van der Waals surface area contributed by atoms with Gasteiger partial charge in [-0.2, -0.15) is 21.0 Å². The standard InChI is InChI=1S/C66H44N10O12S4/c1-3-75-55(77)53(91-57(75)43(29-67)30-68)73-63-71-51-49(89-63)45-25-41-28-48-46(26-42(41)27-47(45)87-65(51,59(79)83-33-37-17-9-5-10-18-37)60(80)84-34-38-19-11-6-12-20-38)50-52(72-64(90-50)74-54-56(78)76(4-2)58(92-54)44(31-69)32-70)66(88-48,61(81)85-35-39-21-13-7-14-22-39)62(82)86-36-40-23-15-8-16-24-40/h5-28,41-42H,3-4,33-36H2,1-2H3/b73-53-,74-54+. The highest BCUT2D eigenvalue weighted by Crippen LogP contribution is 2.56. The lowest BCUT2D eigenvalue weighted by molar-refractivity contribution is -0.191. The summed E-state index contributed by atoms with van der Waals surface area (Å²) in [5.74, 6) is -7.67. The zero-order valence-corrected chi connectivity index (χ0v) is 51.5. The Hall–Kier alpha value is -11.0. The molecule has 2 aromatic heterocycles. The minimum Gasteiger partial charge on any atom is -0.458 e.